The van der Waals surface area contributed by atoms with Crippen LogP contribution in [-0.2, 0) is 4.79 Å². The van der Waals surface area contributed by atoms with Crippen LogP contribution in [0.4, 0.5) is 5.69 Å². The summed E-state index contributed by atoms with van der Waals surface area (Å²) in [4.78, 5) is 12.3. The Kier molecular flexibility index (Phi) is 4.64. The molecule has 0 aromatic heterocycles. The molecule has 0 aliphatic heterocycles. The summed E-state index contributed by atoms with van der Waals surface area (Å²) in [5.41, 5.74) is -0.413. The van der Waals surface area contributed by atoms with Crippen molar-refractivity contribution >= 4 is 23.2 Å². The number of alkyl halides is 1. The summed E-state index contributed by atoms with van der Waals surface area (Å²) >= 11 is 5.93. The van der Waals surface area contributed by atoms with Crippen molar-refractivity contribution in [3.63, 3.8) is 0 Å². The normalized spacial score (nSPS) is 13.3. The van der Waals surface area contributed by atoms with Crippen LogP contribution in [0.15, 0.2) is 60.7 Å². The van der Waals surface area contributed by atoms with Gasteiger partial charge in [0.25, 0.3) is 5.91 Å². The van der Waals surface area contributed by atoms with E-state index in [1.807, 2.05) is 48.5 Å². The van der Waals surface area contributed by atoms with Crippen molar-refractivity contribution in [1.29, 1.82) is 0 Å². The van der Waals surface area contributed by atoms with Gasteiger partial charge in [-0.25, -0.2) is 0 Å². The smallest absolute Gasteiger partial charge is 0.269 e. The summed E-state index contributed by atoms with van der Waals surface area (Å²) in [6.45, 7) is 1.67. The topological polar surface area (TPSA) is 38.3 Å². The highest BCUT2D eigenvalue weighted by atomic mass is 35.5. The number of amides is 1. The van der Waals surface area contributed by atoms with Gasteiger partial charge in [0.15, 0.2) is 5.60 Å². The first-order valence-corrected chi connectivity index (χ1v) is 6.84. The van der Waals surface area contributed by atoms with Crippen molar-refractivity contribution in [2.45, 2.75) is 12.5 Å². The van der Waals surface area contributed by atoms with Crippen LogP contribution in [0.25, 0.3) is 0 Å². The fourth-order valence-electron chi connectivity index (χ4n) is 1.67. The summed E-state index contributed by atoms with van der Waals surface area (Å²) in [7, 11) is 0. The van der Waals surface area contributed by atoms with E-state index >= 15 is 0 Å². The molecule has 2 aromatic carbocycles. The zero-order chi connectivity index (χ0) is 14.4. The molecule has 1 N–H and O–H groups in total. The highest BCUT2D eigenvalue weighted by Gasteiger charge is 2.35. The second-order valence-electron chi connectivity index (χ2n) is 4.60. The largest absolute Gasteiger partial charge is 0.476 e. The summed E-state index contributed by atoms with van der Waals surface area (Å²) < 4.78 is 5.74. The Balaban J connectivity index is 2.11. The number of anilines is 1. The highest BCUT2D eigenvalue weighted by molar-refractivity contribution is 6.21. The number of halogens is 1. The first-order valence-electron chi connectivity index (χ1n) is 6.30. The van der Waals surface area contributed by atoms with E-state index in [2.05, 4.69) is 5.32 Å². The van der Waals surface area contributed by atoms with Crippen LogP contribution < -0.4 is 10.1 Å². The second-order valence-corrected chi connectivity index (χ2v) is 4.87. The van der Waals surface area contributed by atoms with E-state index < -0.39 is 5.60 Å². The van der Waals surface area contributed by atoms with Gasteiger partial charge in [-0.1, -0.05) is 36.4 Å². The number of rotatable bonds is 5. The SMILES string of the molecule is CC(CCl)(Oc1ccccc1)C(=O)Nc1ccccc1. The number of hydrogen-bond acceptors (Lipinski definition) is 2. The van der Waals surface area contributed by atoms with Crippen LogP contribution in [0.3, 0.4) is 0 Å². The number of nitrogens with one attached hydrogen (secondary N) is 1. The van der Waals surface area contributed by atoms with Gasteiger partial charge in [-0.15, -0.1) is 11.6 Å². The molecule has 1 unspecified atom stereocenters. The Labute approximate surface area is 123 Å². The van der Waals surface area contributed by atoms with Gasteiger partial charge >= 0.3 is 0 Å². The molecule has 0 bridgehead atoms. The number of benzene rings is 2. The number of para-hydroxylation sites is 2. The number of ether oxygens (including phenoxy) is 1. The molecule has 20 heavy (non-hydrogen) atoms. The minimum absolute atomic E-state index is 0.0561. The second kappa shape index (κ2) is 6.44. The van der Waals surface area contributed by atoms with Gasteiger partial charge in [-0.3, -0.25) is 4.79 Å². The molecule has 0 saturated carbocycles. The molecule has 104 valence electrons. The van der Waals surface area contributed by atoms with Crippen LogP contribution >= 0.6 is 11.6 Å². The number of carbonyl (C=O) groups is 1. The first kappa shape index (κ1) is 14.4. The van der Waals surface area contributed by atoms with E-state index in [-0.39, 0.29) is 11.8 Å². The molecule has 0 radical (unpaired) electrons. The van der Waals surface area contributed by atoms with Gasteiger partial charge in [0.1, 0.15) is 5.75 Å². The van der Waals surface area contributed by atoms with E-state index in [4.69, 9.17) is 16.3 Å². The fourth-order valence-corrected chi connectivity index (χ4v) is 1.84. The Hall–Kier alpha value is -2.00. The minimum atomic E-state index is -1.13. The van der Waals surface area contributed by atoms with Crippen LogP contribution in [-0.4, -0.2) is 17.4 Å². The van der Waals surface area contributed by atoms with Crippen molar-refractivity contribution in [2.75, 3.05) is 11.2 Å². The molecule has 0 spiro atoms. The van der Waals surface area contributed by atoms with Crippen LogP contribution in [0.5, 0.6) is 5.75 Å². The third-order valence-electron chi connectivity index (χ3n) is 2.85. The van der Waals surface area contributed by atoms with Gasteiger partial charge in [-0.2, -0.15) is 0 Å². The van der Waals surface area contributed by atoms with E-state index in [1.165, 1.54) is 0 Å². The van der Waals surface area contributed by atoms with Crippen molar-refractivity contribution in [3.05, 3.63) is 60.7 Å². The van der Waals surface area contributed by atoms with Crippen LogP contribution in [0.2, 0.25) is 0 Å². The molecular formula is C16H16ClNO2. The highest BCUT2D eigenvalue weighted by Crippen LogP contribution is 2.21. The first-order chi connectivity index (χ1) is 9.64. The van der Waals surface area contributed by atoms with Crippen molar-refractivity contribution in [3.8, 4) is 5.75 Å². The van der Waals surface area contributed by atoms with Gasteiger partial charge in [0.2, 0.25) is 0 Å². The molecule has 4 heteroatoms. The maximum Gasteiger partial charge on any atom is 0.269 e. The summed E-state index contributed by atoms with van der Waals surface area (Å²) in [5, 5.41) is 2.81. The third kappa shape index (κ3) is 3.52. The predicted octanol–water partition coefficient (Wildman–Crippen LogP) is 3.70. The molecule has 0 aliphatic carbocycles. The average molecular weight is 290 g/mol. The lowest BCUT2D eigenvalue weighted by Crippen LogP contribution is -2.47. The lowest BCUT2D eigenvalue weighted by Gasteiger charge is -2.27. The monoisotopic (exact) mass is 289 g/mol. The lowest BCUT2D eigenvalue weighted by molar-refractivity contribution is -0.128. The van der Waals surface area contributed by atoms with Gasteiger partial charge in [0.05, 0.1) is 5.88 Å². The Morgan fingerprint density at radius 3 is 2.20 bits per heavy atom. The maximum atomic E-state index is 12.3. The summed E-state index contributed by atoms with van der Waals surface area (Å²) in [6, 6.07) is 18.4. The van der Waals surface area contributed by atoms with Crippen molar-refractivity contribution in [2.24, 2.45) is 0 Å². The molecule has 0 saturated heterocycles. The minimum Gasteiger partial charge on any atom is -0.476 e. The number of carbonyl (C=O) groups excluding carboxylic acids is 1. The number of hydrogen-bond donors (Lipinski definition) is 1. The Morgan fingerprint density at radius 1 is 1.10 bits per heavy atom. The van der Waals surface area contributed by atoms with Gasteiger partial charge in [-0.05, 0) is 31.2 Å². The zero-order valence-electron chi connectivity index (χ0n) is 11.2. The Bertz CT molecular complexity index is 559. The molecular weight excluding hydrogens is 274 g/mol. The molecule has 3 nitrogen and oxygen atoms in total. The van der Waals surface area contributed by atoms with Crippen LogP contribution in [0, 0.1) is 0 Å². The van der Waals surface area contributed by atoms with Crippen LogP contribution in [0.1, 0.15) is 6.92 Å². The van der Waals surface area contributed by atoms with Gasteiger partial charge in [0, 0.05) is 5.69 Å². The van der Waals surface area contributed by atoms with Crippen molar-refractivity contribution < 1.29 is 9.53 Å². The third-order valence-corrected chi connectivity index (χ3v) is 3.36. The fraction of sp³-hybridized carbons (Fsp3) is 0.188. The molecule has 2 aromatic rings. The molecule has 0 aliphatic rings. The lowest BCUT2D eigenvalue weighted by atomic mass is 10.1. The van der Waals surface area contributed by atoms with E-state index in [0.29, 0.717) is 11.4 Å². The predicted molar refractivity (Wildman–Crippen MR) is 81.3 cm³/mol. The van der Waals surface area contributed by atoms with E-state index in [0.717, 1.165) is 0 Å². The quantitative estimate of drug-likeness (QED) is 0.852. The van der Waals surface area contributed by atoms with Gasteiger partial charge < -0.3 is 10.1 Å². The maximum absolute atomic E-state index is 12.3. The molecule has 2 rings (SSSR count). The molecule has 1 amide bonds. The zero-order valence-corrected chi connectivity index (χ0v) is 11.9. The van der Waals surface area contributed by atoms with E-state index in [1.54, 1.807) is 19.1 Å². The Morgan fingerprint density at radius 2 is 1.65 bits per heavy atom. The van der Waals surface area contributed by atoms with E-state index in [9.17, 15) is 4.79 Å². The summed E-state index contributed by atoms with van der Waals surface area (Å²) in [5.74, 6) is 0.391. The van der Waals surface area contributed by atoms with Crippen molar-refractivity contribution in [1.82, 2.24) is 0 Å². The standard InChI is InChI=1S/C16H16ClNO2/c1-16(12-17,20-14-10-6-3-7-11-14)15(19)18-13-8-4-2-5-9-13/h2-11H,12H2,1H3,(H,18,19). The molecule has 1 atom stereocenters. The summed E-state index contributed by atoms with van der Waals surface area (Å²) in [6.07, 6.45) is 0. The molecule has 0 fully saturated rings. The average Bonchev–Trinajstić information content (AvgIpc) is 2.49. The molecule has 0 heterocycles.